The molecule has 1 aliphatic rings. The van der Waals surface area contributed by atoms with Gasteiger partial charge in [0.05, 0.1) is 5.69 Å². The van der Waals surface area contributed by atoms with Crippen molar-refractivity contribution < 1.29 is 9.59 Å². The van der Waals surface area contributed by atoms with Crippen LogP contribution in [0.4, 0.5) is 10.5 Å². The molecule has 8 heteroatoms. The second kappa shape index (κ2) is 7.67. The van der Waals surface area contributed by atoms with Crippen LogP contribution in [0, 0.1) is 0 Å². The summed E-state index contributed by atoms with van der Waals surface area (Å²) in [5, 5.41) is 10.1. The predicted octanol–water partition coefficient (Wildman–Crippen LogP) is 3.60. The Morgan fingerprint density at radius 1 is 1.15 bits per heavy atom. The molecule has 3 aromatic rings. The molecule has 0 spiro atoms. The van der Waals surface area contributed by atoms with E-state index in [9.17, 15) is 9.59 Å². The largest absolute Gasteiger partial charge is 0.351 e. The number of hydrogen-bond donors (Lipinski definition) is 4. The molecule has 0 aliphatic carbocycles. The molecule has 1 fully saturated rings. The van der Waals surface area contributed by atoms with Crippen molar-refractivity contribution in [3.05, 3.63) is 41.3 Å². The summed E-state index contributed by atoms with van der Waals surface area (Å²) in [5.41, 5.74) is 5.76. The molecule has 4 rings (SSSR count). The SMILES string of the molecule is NC(=O)Nc1cc(-c2cc3ccccc3s2)sc1C(=O)N[C@H]1CCCNC1. The summed E-state index contributed by atoms with van der Waals surface area (Å²) in [4.78, 5) is 26.7. The van der Waals surface area contributed by atoms with Gasteiger partial charge in [-0.25, -0.2) is 4.79 Å². The molecular weight excluding hydrogens is 380 g/mol. The Hall–Kier alpha value is -2.42. The Morgan fingerprint density at radius 2 is 1.96 bits per heavy atom. The number of piperidine rings is 1. The van der Waals surface area contributed by atoms with E-state index in [0.29, 0.717) is 10.6 Å². The van der Waals surface area contributed by atoms with E-state index in [1.54, 1.807) is 11.3 Å². The van der Waals surface area contributed by atoms with Crippen LogP contribution in [0.1, 0.15) is 22.5 Å². The van der Waals surface area contributed by atoms with Crippen molar-refractivity contribution in [2.24, 2.45) is 5.73 Å². The minimum Gasteiger partial charge on any atom is -0.351 e. The van der Waals surface area contributed by atoms with Gasteiger partial charge in [-0.2, -0.15) is 0 Å². The first kappa shape index (κ1) is 18.0. The lowest BCUT2D eigenvalue weighted by atomic mass is 10.1. The maximum absolute atomic E-state index is 12.8. The number of thiophene rings is 2. The van der Waals surface area contributed by atoms with Gasteiger partial charge in [0, 0.05) is 27.0 Å². The van der Waals surface area contributed by atoms with Crippen molar-refractivity contribution >= 4 is 50.4 Å². The highest BCUT2D eigenvalue weighted by Crippen LogP contribution is 2.40. The number of benzene rings is 1. The Balaban J connectivity index is 1.65. The fourth-order valence-electron chi connectivity index (χ4n) is 3.24. The minimum atomic E-state index is -0.677. The van der Waals surface area contributed by atoms with Gasteiger partial charge in [0.2, 0.25) is 0 Å². The van der Waals surface area contributed by atoms with E-state index in [1.807, 2.05) is 18.2 Å². The van der Waals surface area contributed by atoms with Crippen molar-refractivity contribution in [3.63, 3.8) is 0 Å². The molecule has 1 aliphatic heterocycles. The van der Waals surface area contributed by atoms with Crippen LogP contribution in [0.5, 0.6) is 0 Å². The summed E-state index contributed by atoms with van der Waals surface area (Å²) >= 11 is 3.04. The van der Waals surface area contributed by atoms with E-state index < -0.39 is 6.03 Å². The van der Waals surface area contributed by atoms with Crippen LogP contribution in [0.2, 0.25) is 0 Å². The van der Waals surface area contributed by atoms with Crippen molar-refractivity contribution in [3.8, 4) is 9.75 Å². The van der Waals surface area contributed by atoms with Gasteiger partial charge in [0.1, 0.15) is 4.88 Å². The smallest absolute Gasteiger partial charge is 0.316 e. The summed E-state index contributed by atoms with van der Waals surface area (Å²) in [6.45, 7) is 1.74. The Morgan fingerprint density at radius 3 is 2.70 bits per heavy atom. The average Bonchev–Trinajstić information content (AvgIpc) is 3.26. The second-order valence-electron chi connectivity index (χ2n) is 6.51. The molecule has 0 bridgehead atoms. The third kappa shape index (κ3) is 3.97. The summed E-state index contributed by atoms with van der Waals surface area (Å²) in [7, 11) is 0. The first-order valence-corrected chi connectivity index (χ1v) is 10.4. The third-order valence-electron chi connectivity index (χ3n) is 4.50. The van der Waals surface area contributed by atoms with Gasteiger partial charge in [-0.1, -0.05) is 18.2 Å². The molecule has 0 saturated carbocycles. The van der Waals surface area contributed by atoms with Crippen LogP contribution in [-0.2, 0) is 0 Å². The van der Waals surface area contributed by atoms with Crippen LogP contribution in [0.3, 0.4) is 0 Å². The van der Waals surface area contributed by atoms with Crippen LogP contribution < -0.4 is 21.7 Å². The molecular formula is C19H20N4O2S2. The van der Waals surface area contributed by atoms with Crippen molar-refractivity contribution in [1.29, 1.82) is 0 Å². The summed E-state index contributed by atoms with van der Waals surface area (Å²) in [5.74, 6) is -0.176. The van der Waals surface area contributed by atoms with Gasteiger partial charge in [0.15, 0.2) is 0 Å². The van der Waals surface area contributed by atoms with E-state index in [0.717, 1.165) is 41.1 Å². The number of urea groups is 1. The Labute approximate surface area is 164 Å². The summed E-state index contributed by atoms with van der Waals surface area (Å²) in [6.07, 6.45) is 1.99. The molecule has 1 aromatic carbocycles. The number of rotatable bonds is 4. The number of carbonyl (C=O) groups is 2. The van der Waals surface area contributed by atoms with E-state index in [4.69, 9.17) is 5.73 Å². The lowest BCUT2D eigenvalue weighted by Crippen LogP contribution is -2.45. The fraction of sp³-hybridized carbons (Fsp3) is 0.263. The second-order valence-corrected chi connectivity index (χ2v) is 8.64. The molecule has 0 unspecified atom stereocenters. The van der Waals surface area contributed by atoms with Crippen LogP contribution in [-0.4, -0.2) is 31.1 Å². The van der Waals surface area contributed by atoms with Gasteiger partial charge in [0.25, 0.3) is 5.91 Å². The number of nitrogens with one attached hydrogen (secondary N) is 3. The molecule has 1 atom stereocenters. The zero-order chi connectivity index (χ0) is 18.8. The Kier molecular flexibility index (Phi) is 5.11. The van der Waals surface area contributed by atoms with Crippen LogP contribution >= 0.6 is 22.7 Å². The lowest BCUT2D eigenvalue weighted by molar-refractivity contribution is 0.0935. The van der Waals surface area contributed by atoms with Gasteiger partial charge >= 0.3 is 6.03 Å². The van der Waals surface area contributed by atoms with Crippen molar-refractivity contribution in [1.82, 2.24) is 10.6 Å². The lowest BCUT2D eigenvalue weighted by Gasteiger charge is -2.23. The van der Waals surface area contributed by atoms with E-state index in [-0.39, 0.29) is 11.9 Å². The third-order valence-corrected chi connectivity index (χ3v) is 6.94. The monoisotopic (exact) mass is 400 g/mol. The molecule has 2 aromatic heterocycles. The number of fused-ring (bicyclic) bond motifs is 1. The highest BCUT2D eigenvalue weighted by atomic mass is 32.1. The average molecular weight is 401 g/mol. The quantitative estimate of drug-likeness (QED) is 0.539. The maximum atomic E-state index is 12.8. The van der Waals surface area contributed by atoms with Crippen LogP contribution in [0.25, 0.3) is 19.8 Å². The molecule has 6 nitrogen and oxygen atoms in total. The van der Waals surface area contributed by atoms with Gasteiger partial charge in [-0.15, -0.1) is 22.7 Å². The number of primary amides is 1. The topological polar surface area (TPSA) is 96.2 Å². The minimum absolute atomic E-state index is 0.0996. The van der Waals surface area contributed by atoms with E-state index in [2.05, 4.69) is 34.1 Å². The molecule has 3 amide bonds. The molecule has 3 heterocycles. The molecule has 27 heavy (non-hydrogen) atoms. The highest BCUT2D eigenvalue weighted by molar-refractivity contribution is 7.26. The van der Waals surface area contributed by atoms with Gasteiger partial charge in [-0.3, -0.25) is 4.79 Å². The zero-order valence-electron chi connectivity index (χ0n) is 14.6. The molecule has 5 N–H and O–H groups in total. The number of amides is 3. The number of anilines is 1. The molecule has 140 valence electrons. The van der Waals surface area contributed by atoms with E-state index in [1.165, 1.54) is 16.0 Å². The van der Waals surface area contributed by atoms with Crippen molar-refractivity contribution in [2.75, 3.05) is 18.4 Å². The normalized spacial score (nSPS) is 17.0. The van der Waals surface area contributed by atoms with Crippen LogP contribution in [0.15, 0.2) is 36.4 Å². The maximum Gasteiger partial charge on any atom is 0.316 e. The summed E-state index contributed by atoms with van der Waals surface area (Å²) in [6, 6.07) is 11.5. The van der Waals surface area contributed by atoms with Crippen molar-refractivity contribution in [2.45, 2.75) is 18.9 Å². The molecule has 0 radical (unpaired) electrons. The highest BCUT2D eigenvalue weighted by Gasteiger charge is 2.22. The first-order valence-electron chi connectivity index (χ1n) is 8.81. The predicted molar refractivity (Wildman–Crippen MR) is 112 cm³/mol. The number of nitrogens with two attached hydrogens (primary N) is 1. The number of carbonyl (C=O) groups excluding carboxylic acids is 2. The van der Waals surface area contributed by atoms with Gasteiger partial charge < -0.3 is 21.7 Å². The zero-order valence-corrected chi connectivity index (χ0v) is 16.2. The molecule has 1 saturated heterocycles. The first-order chi connectivity index (χ1) is 13.1. The fourth-order valence-corrected chi connectivity index (χ4v) is 5.39. The Bertz CT molecular complexity index is 956. The van der Waals surface area contributed by atoms with E-state index >= 15 is 0 Å². The number of hydrogen-bond acceptors (Lipinski definition) is 5. The van der Waals surface area contributed by atoms with Gasteiger partial charge in [-0.05, 0) is 43.0 Å². The standard InChI is InChI=1S/C19H20N4O2S2/c20-19(25)23-13-9-16(15-8-11-4-1-2-6-14(11)26-15)27-17(13)18(24)22-12-5-3-7-21-10-12/h1-2,4,6,8-9,12,21H,3,5,7,10H2,(H,22,24)(H3,20,23,25)/t12-/m0/s1. The summed E-state index contributed by atoms with van der Waals surface area (Å²) < 4.78 is 1.18.